The van der Waals surface area contributed by atoms with E-state index in [2.05, 4.69) is 0 Å². The summed E-state index contributed by atoms with van der Waals surface area (Å²) in [7, 11) is 5.92. The maximum absolute atomic E-state index is 5.92. The fraction of sp³-hybridized carbons (Fsp3) is 1.00. The minimum atomic E-state index is -1.70. The number of halogens is 1. The Labute approximate surface area is 71.2 Å². The molecule has 4 nitrogen and oxygen atoms in total. The van der Waals surface area contributed by atoms with Crippen molar-refractivity contribution in [2.45, 2.75) is 8.52 Å². The third-order valence-corrected chi connectivity index (χ3v) is 7.70. The molecule has 0 bridgehead atoms. The van der Waals surface area contributed by atoms with Crippen molar-refractivity contribution in [2.75, 3.05) is 13.1 Å². The molecule has 0 heterocycles. The summed E-state index contributed by atoms with van der Waals surface area (Å²) < 4.78 is -0.231. The second-order valence-corrected chi connectivity index (χ2v) is 8.66. The van der Waals surface area contributed by atoms with Crippen molar-refractivity contribution >= 4 is 9.19 Å². The van der Waals surface area contributed by atoms with Crippen LogP contribution in [0.1, 0.15) is 0 Å². The van der Waals surface area contributed by atoms with Crippen molar-refractivity contribution < 1.29 is 17.4 Å². The zero-order valence-electron chi connectivity index (χ0n) is 5.56. The average molecular weight is 351 g/mol. The summed E-state index contributed by atoms with van der Waals surface area (Å²) >= 11 is -1.70. The average Bonchev–Trinajstić information content (AvgIpc) is 2.00. The summed E-state index contributed by atoms with van der Waals surface area (Å²) in [6, 6.07) is 0. The Hall–Kier alpha value is 0.870. The Morgan fingerprint density at radius 3 is 1.60 bits per heavy atom. The molecular weight excluding hydrogens is 336 g/mol. The van der Waals surface area contributed by atoms with Gasteiger partial charge >= 0.3 is 71.1 Å². The Morgan fingerprint density at radius 2 is 1.40 bits per heavy atom. The number of hydrogen-bond donors (Lipinski definition) is 4. The Kier molecular flexibility index (Phi) is 5.99. The van der Waals surface area contributed by atoms with E-state index in [4.69, 9.17) is 32.1 Å². The van der Waals surface area contributed by atoms with Crippen LogP contribution in [0, 0.1) is 0 Å². The molecule has 0 radical (unpaired) electrons. The van der Waals surface area contributed by atoms with Crippen molar-refractivity contribution in [1.29, 1.82) is 0 Å². The second kappa shape index (κ2) is 5.51. The SMILES string of the molecule is NC[CH](N)[Au]([Cl])[CH](N)CN. The molecule has 68 valence electrons. The summed E-state index contributed by atoms with van der Waals surface area (Å²) in [6.07, 6.45) is 0. The molecule has 0 saturated carbocycles. The first-order chi connectivity index (χ1) is 4.63. The summed E-state index contributed by atoms with van der Waals surface area (Å²) in [5.41, 5.74) is 21.7. The molecule has 0 aliphatic carbocycles. The summed E-state index contributed by atoms with van der Waals surface area (Å²) in [6.45, 7) is 0.802. The zero-order chi connectivity index (χ0) is 8.15. The van der Waals surface area contributed by atoms with E-state index in [9.17, 15) is 0 Å². The van der Waals surface area contributed by atoms with Crippen LogP contribution < -0.4 is 22.9 Å². The minimum absolute atomic E-state index is 0.116. The Bertz CT molecular complexity index is 83.3. The van der Waals surface area contributed by atoms with Gasteiger partial charge in [-0.2, -0.15) is 0 Å². The second-order valence-electron chi connectivity index (χ2n) is 1.62. The van der Waals surface area contributed by atoms with Crippen LogP contribution in [0.4, 0.5) is 0 Å². The van der Waals surface area contributed by atoms with E-state index in [-0.39, 0.29) is 8.52 Å². The quantitative estimate of drug-likeness (QED) is 0.451. The van der Waals surface area contributed by atoms with Crippen LogP contribution in [0.15, 0.2) is 0 Å². The van der Waals surface area contributed by atoms with E-state index in [0.29, 0.717) is 13.1 Å². The fourth-order valence-electron chi connectivity index (χ4n) is 0.302. The van der Waals surface area contributed by atoms with E-state index in [0.717, 1.165) is 0 Å². The first kappa shape index (κ1) is 10.9. The number of rotatable bonds is 4. The van der Waals surface area contributed by atoms with Gasteiger partial charge in [0.25, 0.3) is 0 Å². The van der Waals surface area contributed by atoms with Gasteiger partial charge in [0.05, 0.1) is 0 Å². The molecule has 0 aromatic carbocycles. The van der Waals surface area contributed by atoms with Crippen LogP contribution in [-0.4, -0.2) is 21.6 Å². The fourth-order valence-corrected chi connectivity index (χ4v) is 3.35. The molecule has 0 spiro atoms. The van der Waals surface area contributed by atoms with Gasteiger partial charge in [-0.05, 0) is 0 Å². The summed E-state index contributed by atoms with van der Waals surface area (Å²) in [4.78, 5) is 0. The molecule has 0 saturated heterocycles. The van der Waals surface area contributed by atoms with E-state index >= 15 is 0 Å². The molecule has 0 aromatic heterocycles. The van der Waals surface area contributed by atoms with Gasteiger partial charge in [0.15, 0.2) is 0 Å². The number of hydrogen-bond acceptors (Lipinski definition) is 4. The van der Waals surface area contributed by atoms with Crippen molar-refractivity contribution in [1.82, 2.24) is 0 Å². The van der Waals surface area contributed by atoms with Crippen LogP contribution in [0.25, 0.3) is 0 Å². The predicted octanol–water partition coefficient (Wildman–Crippen LogP) is -1.75. The van der Waals surface area contributed by atoms with Crippen molar-refractivity contribution in [2.24, 2.45) is 22.9 Å². The molecule has 6 heteroatoms. The summed E-state index contributed by atoms with van der Waals surface area (Å²) in [5.74, 6) is 0. The van der Waals surface area contributed by atoms with Gasteiger partial charge in [0, 0.05) is 0 Å². The van der Waals surface area contributed by atoms with E-state index in [1.54, 1.807) is 0 Å². The van der Waals surface area contributed by atoms with Gasteiger partial charge < -0.3 is 0 Å². The molecule has 2 unspecified atom stereocenters. The topological polar surface area (TPSA) is 104 Å². The molecule has 0 fully saturated rings. The Morgan fingerprint density at radius 1 is 1.10 bits per heavy atom. The third kappa shape index (κ3) is 3.32. The van der Waals surface area contributed by atoms with Crippen LogP contribution in [0.5, 0.6) is 0 Å². The maximum atomic E-state index is 5.92. The molecule has 10 heavy (non-hydrogen) atoms. The standard InChI is InChI=1S/2C2H7N2.Au.ClH/c2*3-1-2-4;;/h2*1H,2-4H2;;1H/q;;+1;/p-1. The summed E-state index contributed by atoms with van der Waals surface area (Å²) in [5, 5.41) is 0. The van der Waals surface area contributed by atoms with Gasteiger partial charge in [-0.3, -0.25) is 0 Å². The first-order valence-corrected chi connectivity index (χ1v) is 7.95. The van der Waals surface area contributed by atoms with Crippen LogP contribution in [-0.2, 0) is 17.4 Å². The molecule has 8 N–H and O–H groups in total. The predicted molar refractivity (Wildman–Crippen MR) is 39.9 cm³/mol. The van der Waals surface area contributed by atoms with Gasteiger partial charge in [0.2, 0.25) is 0 Å². The normalized spacial score (nSPS) is 18.3. The third-order valence-electron chi connectivity index (χ3n) is 0.842. The van der Waals surface area contributed by atoms with Crippen molar-refractivity contribution in [3.05, 3.63) is 0 Å². The molecule has 0 aromatic rings. The van der Waals surface area contributed by atoms with Crippen LogP contribution >= 0.6 is 9.19 Å². The molecule has 0 amide bonds. The van der Waals surface area contributed by atoms with Gasteiger partial charge in [-0.1, -0.05) is 0 Å². The molecular formula is C4H14AuClN4. The van der Waals surface area contributed by atoms with Crippen LogP contribution in [0.3, 0.4) is 0 Å². The monoisotopic (exact) mass is 350 g/mol. The van der Waals surface area contributed by atoms with Crippen LogP contribution in [0.2, 0.25) is 0 Å². The molecule has 0 aliphatic heterocycles. The molecule has 0 rings (SSSR count). The van der Waals surface area contributed by atoms with Crippen molar-refractivity contribution in [3.63, 3.8) is 0 Å². The van der Waals surface area contributed by atoms with E-state index < -0.39 is 17.4 Å². The first-order valence-electron chi connectivity index (χ1n) is 2.76. The van der Waals surface area contributed by atoms with Crippen molar-refractivity contribution in [3.8, 4) is 0 Å². The Balaban J connectivity index is 3.69. The van der Waals surface area contributed by atoms with Gasteiger partial charge in [-0.25, -0.2) is 0 Å². The van der Waals surface area contributed by atoms with Gasteiger partial charge in [-0.15, -0.1) is 0 Å². The van der Waals surface area contributed by atoms with Gasteiger partial charge in [0.1, 0.15) is 0 Å². The molecule has 2 atom stereocenters. The molecule has 0 aliphatic rings. The van der Waals surface area contributed by atoms with E-state index in [1.807, 2.05) is 0 Å². The number of nitrogens with two attached hydrogens (primary N) is 4. The van der Waals surface area contributed by atoms with E-state index in [1.165, 1.54) is 0 Å². The zero-order valence-corrected chi connectivity index (χ0v) is 8.48.